The number of aryl methyl sites for hydroxylation is 3. The highest BCUT2D eigenvalue weighted by Gasteiger charge is 2.39. The van der Waals surface area contributed by atoms with E-state index in [2.05, 4.69) is 15.5 Å². The fraction of sp³-hybridized carbons (Fsp3) is 0.278. The van der Waals surface area contributed by atoms with E-state index in [4.69, 9.17) is 11.6 Å². The predicted octanol–water partition coefficient (Wildman–Crippen LogP) is 4.21. The van der Waals surface area contributed by atoms with Gasteiger partial charge in [-0.25, -0.2) is 0 Å². The van der Waals surface area contributed by atoms with Crippen LogP contribution in [0, 0.1) is 13.8 Å². The average Bonchev–Trinajstić information content (AvgIpc) is 3.05. The monoisotopic (exact) mass is 411 g/mol. The number of alkyl halides is 3. The van der Waals surface area contributed by atoms with Crippen LogP contribution in [0.5, 0.6) is 0 Å². The first-order chi connectivity index (χ1) is 13.1. The van der Waals surface area contributed by atoms with Gasteiger partial charge in [-0.2, -0.15) is 23.4 Å². The fourth-order valence-corrected chi connectivity index (χ4v) is 3.22. The number of amides is 1. The largest absolute Gasteiger partial charge is 0.436 e. The van der Waals surface area contributed by atoms with Crippen LogP contribution < -0.4 is 5.32 Å². The van der Waals surface area contributed by atoms with E-state index in [1.54, 1.807) is 18.2 Å². The summed E-state index contributed by atoms with van der Waals surface area (Å²) in [5.41, 5.74) is 1.53. The van der Waals surface area contributed by atoms with Crippen LogP contribution >= 0.6 is 11.6 Å². The number of benzene rings is 1. The van der Waals surface area contributed by atoms with Gasteiger partial charge >= 0.3 is 6.18 Å². The van der Waals surface area contributed by atoms with Gasteiger partial charge in [-0.15, -0.1) is 0 Å². The third-order valence-electron chi connectivity index (χ3n) is 4.09. The molecule has 10 heteroatoms. The van der Waals surface area contributed by atoms with Gasteiger partial charge in [0.2, 0.25) is 0 Å². The van der Waals surface area contributed by atoms with E-state index < -0.39 is 22.8 Å². The van der Waals surface area contributed by atoms with Gasteiger partial charge in [-0.1, -0.05) is 23.7 Å². The first-order valence-electron chi connectivity index (χ1n) is 8.27. The number of rotatable bonds is 4. The van der Waals surface area contributed by atoms with Crippen LogP contribution in [0.25, 0.3) is 0 Å². The molecule has 1 aromatic carbocycles. The molecular weight excluding hydrogens is 395 g/mol. The van der Waals surface area contributed by atoms with Gasteiger partial charge in [0.1, 0.15) is 10.7 Å². The number of hydrogen-bond acceptors (Lipinski definition) is 3. The van der Waals surface area contributed by atoms with E-state index in [9.17, 15) is 18.0 Å². The quantitative estimate of drug-likeness (QED) is 0.699. The first-order valence-corrected chi connectivity index (χ1v) is 8.65. The van der Waals surface area contributed by atoms with Crippen molar-refractivity contribution in [2.75, 3.05) is 5.32 Å². The second kappa shape index (κ2) is 7.31. The maximum atomic E-state index is 12.9. The number of carbonyl (C=O) groups excluding carboxylic acids is 1. The Hall–Kier alpha value is -2.81. The van der Waals surface area contributed by atoms with Crippen LogP contribution in [0.2, 0.25) is 5.02 Å². The van der Waals surface area contributed by atoms with Crippen molar-refractivity contribution in [3.05, 3.63) is 63.7 Å². The van der Waals surface area contributed by atoms with Crippen LogP contribution in [-0.2, 0) is 19.8 Å². The molecule has 0 atom stereocenters. The number of nitrogens with one attached hydrogen (secondary N) is 1. The molecule has 2 heterocycles. The van der Waals surface area contributed by atoms with E-state index in [0.717, 1.165) is 21.6 Å². The molecule has 3 rings (SSSR count). The minimum Gasteiger partial charge on any atom is -0.321 e. The van der Waals surface area contributed by atoms with Crippen LogP contribution in [-0.4, -0.2) is 25.5 Å². The molecule has 0 aliphatic rings. The van der Waals surface area contributed by atoms with Crippen LogP contribution in [0.1, 0.15) is 33.1 Å². The van der Waals surface area contributed by atoms with Gasteiger partial charge in [0, 0.05) is 18.4 Å². The molecular formula is C18H17ClF3N5O. The van der Waals surface area contributed by atoms with Crippen LogP contribution in [0.3, 0.4) is 0 Å². The van der Waals surface area contributed by atoms with E-state index >= 15 is 0 Å². The summed E-state index contributed by atoms with van der Waals surface area (Å²) in [5.74, 6) is -0.779. The highest BCUT2D eigenvalue weighted by Crippen LogP contribution is 2.35. The van der Waals surface area contributed by atoms with Gasteiger partial charge in [-0.3, -0.25) is 14.2 Å². The van der Waals surface area contributed by atoms with Crippen LogP contribution in [0.4, 0.5) is 18.9 Å². The van der Waals surface area contributed by atoms with Crippen molar-refractivity contribution in [3.8, 4) is 0 Å². The first kappa shape index (κ1) is 19.9. The zero-order valence-corrected chi connectivity index (χ0v) is 16.1. The highest BCUT2D eigenvalue weighted by molar-refractivity contribution is 6.34. The summed E-state index contributed by atoms with van der Waals surface area (Å²) in [6, 6.07) is 8.92. The lowest BCUT2D eigenvalue weighted by Gasteiger charge is -2.09. The van der Waals surface area contributed by atoms with Gasteiger partial charge < -0.3 is 5.32 Å². The van der Waals surface area contributed by atoms with Crippen molar-refractivity contribution in [1.82, 2.24) is 19.6 Å². The van der Waals surface area contributed by atoms with Crippen molar-refractivity contribution in [3.63, 3.8) is 0 Å². The van der Waals surface area contributed by atoms with Gasteiger partial charge in [0.15, 0.2) is 5.69 Å². The Labute approximate surface area is 163 Å². The third kappa shape index (κ3) is 4.04. The summed E-state index contributed by atoms with van der Waals surface area (Å²) in [7, 11) is 1.23. The lowest BCUT2D eigenvalue weighted by atomic mass is 10.2. The molecule has 148 valence electrons. The topological polar surface area (TPSA) is 64.7 Å². The summed E-state index contributed by atoms with van der Waals surface area (Å²) in [4.78, 5) is 12.5. The standard InChI is InChI=1S/C18H17ClF3N5O/c1-10-7-11(2)27(24-10)9-12-5-4-6-13(8-12)23-17(28)15-14(19)16(18(20,21)22)25-26(15)3/h4-8H,9H2,1-3H3,(H,23,28). The summed E-state index contributed by atoms with van der Waals surface area (Å²) in [6.07, 6.45) is -4.74. The summed E-state index contributed by atoms with van der Waals surface area (Å²) >= 11 is 5.76. The Bertz CT molecular complexity index is 1040. The molecule has 0 aliphatic heterocycles. The van der Waals surface area contributed by atoms with E-state index in [1.807, 2.05) is 30.7 Å². The molecule has 3 aromatic rings. The molecule has 1 N–H and O–H groups in total. The molecule has 0 saturated carbocycles. The zero-order chi connectivity index (χ0) is 20.6. The maximum absolute atomic E-state index is 12.9. The van der Waals surface area contributed by atoms with Crippen molar-refractivity contribution in [2.45, 2.75) is 26.6 Å². The summed E-state index contributed by atoms with van der Waals surface area (Å²) in [6.45, 7) is 4.33. The fourth-order valence-electron chi connectivity index (χ4n) is 2.87. The highest BCUT2D eigenvalue weighted by atomic mass is 35.5. The second-order valence-corrected chi connectivity index (χ2v) is 6.75. The molecule has 0 radical (unpaired) electrons. The van der Waals surface area contributed by atoms with E-state index in [0.29, 0.717) is 12.2 Å². The van der Waals surface area contributed by atoms with Crippen molar-refractivity contribution < 1.29 is 18.0 Å². The molecule has 0 fully saturated rings. The molecule has 1 amide bonds. The molecule has 0 bridgehead atoms. The Kier molecular flexibility index (Phi) is 5.20. The smallest absolute Gasteiger partial charge is 0.321 e. The molecule has 2 aromatic heterocycles. The van der Waals surface area contributed by atoms with Gasteiger partial charge in [0.05, 0.1) is 12.2 Å². The van der Waals surface area contributed by atoms with E-state index in [-0.39, 0.29) is 5.69 Å². The minimum atomic E-state index is -4.74. The number of carbonyl (C=O) groups is 1. The van der Waals surface area contributed by atoms with Crippen molar-refractivity contribution >= 4 is 23.2 Å². The molecule has 0 spiro atoms. The summed E-state index contributed by atoms with van der Waals surface area (Å²) < 4.78 is 41.4. The van der Waals surface area contributed by atoms with Crippen molar-refractivity contribution in [2.24, 2.45) is 7.05 Å². The number of aromatic nitrogens is 4. The second-order valence-electron chi connectivity index (χ2n) is 6.37. The van der Waals surface area contributed by atoms with E-state index in [1.165, 1.54) is 7.05 Å². The molecule has 6 nitrogen and oxygen atoms in total. The minimum absolute atomic E-state index is 0.363. The zero-order valence-electron chi connectivity index (χ0n) is 15.3. The summed E-state index contributed by atoms with van der Waals surface area (Å²) in [5, 5.41) is 9.54. The lowest BCUT2D eigenvalue weighted by Crippen LogP contribution is -2.16. The number of halogens is 4. The Morgan fingerprint density at radius 2 is 1.93 bits per heavy atom. The number of nitrogens with zero attached hydrogens (tertiary/aromatic N) is 4. The Morgan fingerprint density at radius 1 is 1.21 bits per heavy atom. The Balaban J connectivity index is 1.82. The van der Waals surface area contributed by atoms with Crippen molar-refractivity contribution in [1.29, 1.82) is 0 Å². The predicted molar refractivity (Wildman–Crippen MR) is 98.4 cm³/mol. The average molecular weight is 412 g/mol. The van der Waals surface area contributed by atoms with Crippen LogP contribution in [0.15, 0.2) is 30.3 Å². The number of hydrogen-bond donors (Lipinski definition) is 1. The molecule has 0 saturated heterocycles. The molecule has 0 unspecified atom stereocenters. The maximum Gasteiger partial charge on any atom is 0.436 e. The molecule has 0 aliphatic carbocycles. The van der Waals surface area contributed by atoms with Gasteiger partial charge in [-0.05, 0) is 37.6 Å². The normalized spacial score (nSPS) is 11.7. The number of anilines is 1. The van der Waals surface area contributed by atoms with Gasteiger partial charge in [0.25, 0.3) is 5.91 Å². The Morgan fingerprint density at radius 3 is 2.50 bits per heavy atom. The lowest BCUT2D eigenvalue weighted by molar-refractivity contribution is -0.141. The SMILES string of the molecule is Cc1cc(C)n(Cc2cccc(NC(=O)c3c(Cl)c(C(F)(F)F)nn3C)c2)n1. The third-order valence-corrected chi connectivity index (χ3v) is 4.45. The molecule has 28 heavy (non-hydrogen) atoms.